The van der Waals surface area contributed by atoms with Crippen LogP contribution in [0, 0.1) is 0 Å². The van der Waals surface area contributed by atoms with Crippen molar-refractivity contribution < 1.29 is 99.4 Å². The van der Waals surface area contributed by atoms with Gasteiger partial charge in [0.1, 0.15) is 32.4 Å². The molecule has 1 aromatic rings. The molecule has 2 amide bonds. The summed E-state index contributed by atoms with van der Waals surface area (Å²) >= 11 is 0. The third kappa shape index (κ3) is 7.98. The molecule has 0 aromatic heterocycles. The van der Waals surface area contributed by atoms with E-state index in [1.54, 1.807) is 0 Å². The van der Waals surface area contributed by atoms with Gasteiger partial charge in [-0.05, 0) is 43.3 Å². The van der Waals surface area contributed by atoms with E-state index in [0.717, 1.165) is 22.0 Å². The molecule has 0 fully saturated rings. The van der Waals surface area contributed by atoms with Gasteiger partial charge in [0.2, 0.25) is 5.91 Å². The summed E-state index contributed by atoms with van der Waals surface area (Å²) in [5, 5.41) is 7.28. The third-order valence-corrected chi connectivity index (χ3v) is 5.69. The first-order valence-corrected chi connectivity index (χ1v) is 12.0. The second kappa shape index (κ2) is 12.1. The zero-order valence-corrected chi connectivity index (χ0v) is 24.7. The smallest absolute Gasteiger partial charge is 0.747 e. The number of rotatable bonds is 5. The van der Waals surface area contributed by atoms with Gasteiger partial charge in [-0.3, -0.25) is 14.5 Å². The van der Waals surface area contributed by atoms with Crippen molar-refractivity contribution in [2.45, 2.75) is 18.7 Å². The molecule has 35 heavy (non-hydrogen) atoms. The van der Waals surface area contributed by atoms with E-state index in [2.05, 4.69) is 10.4 Å². The first kappa shape index (κ1) is 31.5. The fraction of sp³-hybridized carbons (Fsp3) is 0.167. The van der Waals surface area contributed by atoms with Crippen molar-refractivity contribution in [1.82, 2.24) is 10.2 Å². The minimum Gasteiger partial charge on any atom is -0.747 e. The topological polar surface area (TPSA) is 189 Å². The molecular formula is C18H16N4Na2O9S2. The van der Waals surface area contributed by atoms with E-state index in [1.807, 2.05) is 0 Å². The molecule has 0 bridgehead atoms. The predicted octanol–water partition coefficient (Wildman–Crippen LogP) is -6.14. The van der Waals surface area contributed by atoms with E-state index >= 15 is 0 Å². The zero-order valence-electron chi connectivity index (χ0n) is 19.1. The number of anilines is 1. The quantitative estimate of drug-likeness (QED) is 0.213. The Morgan fingerprint density at radius 2 is 1.71 bits per heavy atom. The number of allylic oxidation sites excluding steroid dienone is 3. The summed E-state index contributed by atoms with van der Waals surface area (Å²) in [7, 11) is -9.32. The van der Waals surface area contributed by atoms with Crippen molar-refractivity contribution in [3.63, 3.8) is 0 Å². The summed E-state index contributed by atoms with van der Waals surface area (Å²) in [6.07, 6.45) is 3.64. The van der Waals surface area contributed by atoms with Gasteiger partial charge in [-0.1, -0.05) is 0 Å². The first-order valence-electron chi connectivity index (χ1n) is 9.00. The Morgan fingerprint density at radius 1 is 1.11 bits per heavy atom. The summed E-state index contributed by atoms with van der Waals surface area (Å²) in [6, 6.07) is 4.38. The Bertz CT molecular complexity index is 1350. The van der Waals surface area contributed by atoms with Gasteiger partial charge in [-0.25, -0.2) is 16.8 Å². The summed E-state index contributed by atoms with van der Waals surface area (Å²) in [6.45, 7) is 2.70. The van der Waals surface area contributed by atoms with Gasteiger partial charge >= 0.3 is 59.1 Å². The summed E-state index contributed by atoms with van der Waals surface area (Å²) < 4.78 is 72.0. The Morgan fingerprint density at radius 3 is 2.23 bits per heavy atom. The molecule has 0 saturated carbocycles. The van der Waals surface area contributed by atoms with E-state index in [9.17, 15) is 35.5 Å². The maximum atomic E-state index is 12.9. The van der Waals surface area contributed by atoms with Crippen molar-refractivity contribution in [3.8, 4) is 0 Å². The van der Waals surface area contributed by atoms with Crippen LogP contribution < -0.4 is 69.4 Å². The maximum absolute atomic E-state index is 12.9. The van der Waals surface area contributed by atoms with E-state index in [1.165, 1.54) is 44.4 Å². The van der Waals surface area contributed by atoms with Crippen LogP contribution in [-0.2, 0) is 34.6 Å². The fourth-order valence-electron chi connectivity index (χ4n) is 2.81. The summed E-state index contributed by atoms with van der Waals surface area (Å²) in [4.78, 5) is 25.1. The zero-order chi connectivity index (χ0) is 24.6. The van der Waals surface area contributed by atoms with Gasteiger partial charge in [-0.15, -0.1) is 5.10 Å². The summed E-state index contributed by atoms with van der Waals surface area (Å²) in [5.74, 6) is -2.36. The van der Waals surface area contributed by atoms with Crippen LogP contribution in [0.25, 0.3) is 0 Å². The van der Waals surface area contributed by atoms with Gasteiger partial charge < -0.3 is 19.2 Å². The van der Waals surface area contributed by atoms with Crippen LogP contribution in [0.3, 0.4) is 0 Å². The average molecular weight is 542 g/mol. The number of amidine groups is 1. The molecule has 0 radical (unpaired) electrons. The molecule has 13 nitrogen and oxygen atoms in total. The van der Waals surface area contributed by atoms with Crippen molar-refractivity contribution in [2.75, 3.05) is 10.9 Å². The van der Waals surface area contributed by atoms with Crippen molar-refractivity contribution in [2.24, 2.45) is 5.10 Å². The molecule has 0 saturated heterocycles. The molecule has 0 atom stereocenters. The number of carbonyl (C=O) groups excluding carboxylic acids is 2. The average Bonchev–Trinajstić information content (AvgIpc) is 3.18. The largest absolute Gasteiger partial charge is 1.00 e. The maximum Gasteiger partial charge on any atom is 1.00 e. The minimum absolute atomic E-state index is 0. The molecule has 0 spiro atoms. The SMILES string of the molecule is CC(=O)NC1=NN(c2ccc(S(=O)(=O)[O-])cc2)C(=O)C1=CC=C1OC=C(C)N1CS(=O)(=O)[O-].[Na+].[Na+]. The molecule has 2 heterocycles. The van der Waals surface area contributed by atoms with Crippen LogP contribution in [0.4, 0.5) is 5.69 Å². The van der Waals surface area contributed by atoms with Gasteiger partial charge in [0, 0.05) is 6.92 Å². The second-order valence-corrected chi connectivity index (χ2v) is 9.53. The van der Waals surface area contributed by atoms with Crippen LogP contribution >= 0.6 is 0 Å². The number of nitrogens with zero attached hydrogens (tertiary/aromatic N) is 3. The number of benzene rings is 1. The van der Waals surface area contributed by atoms with Gasteiger partial charge in [-0.2, -0.15) is 5.01 Å². The van der Waals surface area contributed by atoms with E-state index < -0.39 is 42.8 Å². The van der Waals surface area contributed by atoms with Gasteiger partial charge in [0.25, 0.3) is 5.91 Å². The number of hydrogen-bond acceptors (Lipinski definition) is 11. The molecule has 1 N–H and O–H groups in total. The van der Waals surface area contributed by atoms with Crippen molar-refractivity contribution in [1.29, 1.82) is 0 Å². The molecule has 2 aliphatic heterocycles. The van der Waals surface area contributed by atoms with Crippen LogP contribution in [-0.4, -0.2) is 54.4 Å². The fourth-order valence-corrected chi connectivity index (χ4v) is 3.92. The van der Waals surface area contributed by atoms with E-state index in [-0.39, 0.29) is 82.1 Å². The Labute approximate surface area is 245 Å². The number of carbonyl (C=O) groups is 2. The van der Waals surface area contributed by atoms with Crippen molar-refractivity contribution in [3.05, 3.63) is 59.8 Å². The van der Waals surface area contributed by atoms with Gasteiger partial charge in [0.15, 0.2) is 11.7 Å². The third-order valence-electron chi connectivity index (χ3n) is 4.26. The van der Waals surface area contributed by atoms with Crippen LogP contribution in [0.5, 0.6) is 0 Å². The number of ether oxygens (including phenoxy) is 1. The number of nitrogens with one attached hydrogen (secondary N) is 1. The van der Waals surface area contributed by atoms with Crippen LogP contribution in [0.1, 0.15) is 13.8 Å². The first-order chi connectivity index (χ1) is 15.3. The van der Waals surface area contributed by atoms with E-state index in [4.69, 9.17) is 4.74 Å². The summed E-state index contributed by atoms with van der Waals surface area (Å²) in [5.41, 5.74) is 0.332. The number of hydrogen-bond donors (Lipinski definition) is 1. The Kier molecular flexibility index (Phi) is 10.9. The Balaban J connectivity index is 0.00000306. The standard InChI is InChI=1S/C18H18N4O9S2.2Na/c1-11-9-31-16(21(11)10-32(25,26)27)8-7-15-17(19-12(2)23)20-22(18(15)24)13-3-5-14(6-4-13)33(28,29)30;;/h3-9H,10H2,1-2H3,(H,19,20,23)(H,25,26,27)(H,28,29,30);;/q;2*+1/p-2. The minimum atomic E-state index is -4.69. The molecule has 176 valence electrons. The molecule has 1 aromatic carbocycles. The molecule has 2 aliphatic rings. The van der Waals surface area contributed by atoms with Crippen LogP contribution in [0.15, 0.2) is 69.8 Å². The number of amides is 2. The van der Waals surface area contributed by atoms with Crippen molar-refractivity contribution >= 4 is 43.6 Å². The van der Waals surface area contributed by atoms with E-state index in [0.29, 0.717) is 5.70 Å². The normalized spacial score (nSPS) is 18.0. The Hall–Kier alpha value is -1.53. The van der Waals surface area contributed by atoms with Gasteiger partial charge in [0.05, 0.1) is 21.9 Å². The molecule has 0 unspecified atom stereocenters. The number of hydrazone groups is 1. The molecule has 3 rings (SSSR count). The van der Waals surface area contributed by atoms with Crippen LogP contribution in [0.2, 0.25) is 0 Å². The monoisotopic (exact) mass is 542 g/mol. The molecule has 17 heteroatoms. The molecule has 0 aliphatic carbocycles. The predicted molar refractivity (Wildman–Crippen MR) is 111 cm³/mol. The second-order valence-electron chi connectivity index (χ2n) is 6.77. The molecular weight excluding hydrogens is 526 g/mol.